The Kier molecular flexibility index (Phi) is 7.21. The number of carbonyl (C=O) groups excluding carboxylic acids is 2. The molecule has 0 fully saturated rings. The maximum absolute atomic E-state index is 13.4. The first-order valence-corrected chi connectivity index (χ1v) is 9.73. The highest BCUT2D eigenvalue weighted by atomic mass is 16.5. The van der Waals surface area contributed by atoms with Crippen molar-refractivity contribution in [2.75, 3.05) is 7.11 Å². The van der Waals surface area contributed by atoms with E-state index in [0.29, 0.717) is 23.3 Å². The van der Waals surface area contributed by atoms with Crippen LogP contribution in [0, 0.1) is 13.8 Å². The zero-order valence-electron chi connectivity index (χ0n) is 18.3. The Bertz CT molecular complexity index is 947. The molecule has 2 amide bonds. The lowest BCUT2D eigenvalue weighted by Gasteiger charge is -2.35. The number of hydrogen-bond donors (Lipinski definition) is 2. The summed E-state index contributed by atoms with van der Waals surface area (Å²) in [5, 5.41) is 13.4. The van der Waals surface area contributed by atoms with E-state index in [1.54, 1.807) is 51.3 Å². The number of amides is 2. The third kappa shape index (κ3) is 4.97. The summed E-state index contributed by atoms with van der Waals surface area (Å²) in [4.78, 5) is 26.5. The van der Waals surface area contributed by atoms with Crippen molar-refractivity contribution in [3.63, 3.8) is 0 Å². The van der Waals surface area contributed by atoms with Gasteiger partial charge in [0.15, 0.2) is 0 Å². The molecule has 0 aliphatic heterocycles. The summed E-state index contributed by atoms with van der Waals surface area (Å²) >= 11 is 0. The Hall–Kier alpha value is -3.35. The van der Waals surface area contributed by atoms with Crippen LogP contribution in [0.3, 0.4) is 0 Å². The lowest BCUT2D eigenvalue weighted by Crippen LogP contribution is -2.58. The van der Waals surface area contributed by atoms with Gasteiger partial charge in [0.25, 0.3) is 11.8 Å². The molecule has 0 atom stereocenters. The number of ether oxygens (including phenoxy) is 1. The molecule has 7 nitrogen and oxygen atoms in total. The number of hydrazine groups is 1. The smallest absolute Gasteiger partial charge is 0.273 e. The second-order valence-corrected chi connectivity index (χ2v) is 7.70. The first-order chi connectivity index (χ1) is 14.1. The Morgan fingerprint density at radius 3 is 2.37 bits per heavy atom. The van der Waals surface area contributed by atoms with Crippen LogP contribution >= 0.6 is 0 Å². The molecule has 2 N–H and O–H groups in total. The minimum atomic E-state index is -1.09. The van der Waals surface area contributed by atoms with Gasteiger partial charge in [0.1, 0.15) is 5.75 Å². The monoisotopic (exact) mass is 411 g/mol. The van der Waals surface area contributed by atoms with Crippen molar-refractivity contribution in [1.29, 1.82) is 0 Å². The summed E-state index contributed by atoms with van der Waals surface area (Å²) in [6, 6.07) is 10.7. The summed E-state index contributed by atoms with van der Waals surface area (Å²) in [5.74, 6) is -0.266. The summed E-state index contributed by atoms with van der Waals surface area (Å²) in [5.41, 5.74) is 5.05. The first kappa shape index (κ1) is 22.9. The van der Waals surface area contributed by atoms with Crippen LogP contribution < -0.4 is 10.2 Å². The fourth-order valence-electron chi connectivity index (χ4n) is 3.38. The normalized spacial score (nSPS) is 11.4. The fraction of sp³-hybridized carbons (Fsp3) is 0.348. The molecule has 0 aromatic heterocycles. The van der Waals surface area contributed by atoms with E-state index in [9.17, 15) is 9.59 Å². The topological polar surface area (TPSA) is 91.2 Å². The molecule has 0 bridgehead atoms. The SMILES string of the molecule is CCc1c(OC)cccc1C(=O)NN(C(=O)c1cc(C)cc(C)c1)C(C)(C)/C=N/O. The van der Waals surface area contributed by atoms with Gasteiger partial charge in [-0.2, -0.15) is 0 Å². The Morgan fingerprint density at radius 2 is 1.83 bits per heavy atom. The third-order valence-electron chi connectivity index (χ3n) is 4.79. The highest BCUT2D eigenvalue weighted by Gasteiger charge is 2.33. The molecule has 0 unspecified atom stereocenters. The summed E-state index contributed by atoms with van der Waals surface area (Å²) in [6.45, 7) is 9.06. The van der Waals surface area contributed by atoms with Crippen molar-refractivity contribution >= 4 is 18.0 Å². The second-order valence-electron chi connectivity index (χ2n) is 7.70. The number of rotatable bonds is 6. The number of nitrogens with one attached hydrogen (secondary N) is 1. The van der Waals surface area contributed by atoms with Gasteiger partial charge in [-0.1, -0.05) is 35.3 Å². The molecule has 0 saturated heterocycles. The van der Waals surface area contributed by atoms with E-state index in [2.05, 4.69) is 10.6 Å². The number of oxime groups is 1. The molecule has 0 radical (unpaired) electrons. The number of aryl methyl sites for hydroxylation is 2. The molecular formula is C23H29N3O4. The highest BCUT2D eigenvalue weighted by Crippen LogP contribution is 2.24. The highest BCUT2D eigenvalue weighted by molar-refractivity contribution is 6.01. The van der Waals surface area contributed by atoms with E-state index in [0.717, 1.165) is 16.7 Å². The van der Waals surface area contributed by atoms with Crippen LogP contribution in [0.2, 0.25) is 0 Å². The predicted octanol–water partition coefficient (Wildman–Crippen LogP) is 3.90. The van der Waals surface area contributed by atoms with Crippen LogP contribution in [0.25, 0.3) is 0 Å². The van der Waals surface area contributed by atoms with Crippen LogP contribution in [0.4, 0.5) is 0 Å². The molecule has 2 aromatic rings. The lowest BCUT2D eigenvalue weighted by molar-refractivity contribution is 0.0446. The zero-order chi connectivity index (χ0) is 22.5. The Morgan fingerprint density at radius 1 is 1.20 bits per heavy atom. The molecule has 30 heavy (non-hydrogen) atoms. The van der Waals surface area contributed by atoms with Crippen molar-refractivity contribution in [3.8, 4) is 5.75 Å². The number of nitrogens with zero attached hydrogens (tertiary/aromatic N) is 2. The van der Waals surface area contributed by atoms with E-state index < -0.39 is 17.4 Å². The van der Waals surface area contributed by atoms with E-state index in [-0.39, 0.29) is 0 Å². The predicted molar refractivity (Wildman–Crippen MR) is 116 cm³/mol. The number of benzene rings is 2. The van der Waals surface area contributed by atoms with E-state index in [4.69, 9.17) is 9.94 Å². The van der Waals surface area contributed by atoms with Gasteiger partial charge in [-0.05, 0) is 58.4 Å². The van der Waals surface area contributed by atoms with Gasteiger partial charge in [-0.3, -0.25) is 15.0 Å². The summed E-state index contributed by atoms with van der Waals surface area (Å²) in [6.07, 6.45) is 1.78. The van der Waals surface area contributed by atoms with Crippen LogP contribution in [0.5, 0.6) is 5.75 Å². The third-order valence-corrected chi connectivity index (χ3v) is 4.79. The zero-order valence-corrected chi connectivity index (χ0v) is 18.3. The largest absolute Gasteiger partial charge is 0.496 e. The maximum Gasteiger partial charge on any atom is 0.273 e. The molecule has 7 heteroatoms. The van der Waals surface area contributed by atoms with Gasteiger partial charge in [0, 0.05) is 16.7 Å². The molecular weight excluding hydrogens is 382 g/mol. The minimum absolute atomic E-state index is 0.409. The van der Waals surface area contributed by atoms with Gasteiger partial charge < -0.3 is 9.94 Å². The van der Waals surface area contributed by atoms with Crippen LogP contribution in [0.15, 0.2) is 41.6 Å². The average Bonchev–Trinajstić information content (AvgIpc) is 2.69. The molecule has 0 aliphatic rings. The van der Waals surface area contributed by atoms with Gasteiger partial charge in [-0.15, -0.1) is 0 Å². The lowest BCUT2D eigenvalue weighted by atomic mass is 10.0. The van der Waals surface area contributed by atoms with Crippen LogP contribution in [0.1, 0.15) is 58.2 Å². The molecule has 2 aromatic carbocycles. The Balaban J connectivity index is 2.49. The van der Waals surface area contributed by atoms with Crippen molar-refractivity contribution in [1.82, 2.24) is 10.4 Å². The summed E-state index contributed by atoms with van der Waals surface area (Å²) in [7, 11) is 1.55. The standard InChI is InChI=1S/C23H29N3O4/c1-7-18-19(9-8-10-20(18)30-6)21(27)25-26(23(4,5)14-24-29)22(28)17-12-15(2)11-16(3)13-17/h8-14,29H,7H2,1-6H3,(H,25,27)/b24-14+. The van der Waals surface area contributed by atoms with Crippen molar-refractivity contribution < 1.29 is 19.5 Å². The van der Waals surface area contributed by atoms with Crippen LogP contribution in [-0.2, 0) is 6.42 Å². The average molecular weight is 412 g/mol. The number of methoxy groups -OCH3 is 1. The fourth-order valence-corrected chi connectivity index (χ4v) is 3.38. The van der Waals surface area contributed by atoms with E-state index >= 15 is 0 Å². The maximum atomic E-state index is 13.4. The second kappa shape index (κ2) is 9.43. The molecule has 0 aliphatic carbocycles. The van der Waals surface area contributed by atoms with Crippen LogP contribution in [-0.4, -0.2) is 40.9 Å². The molecule has 0 spiro atoms. The first-order valence-electron chi connectivity index (χ1n) is 9.73. The summed E-state index contributed by atoms with van der Waals surface area (Å²) < 4.78 is 5.37. The molecule has 2 rings (SSSR count). The molecule has 0 saturated carbocycles. The Labute approximate surface area is 177 Å². The van der Waals surface area contributed by atoms with E-state index in [1.165, 1.54) is 11.2 Å². The van der Waals surface area contributed by atoms with E-state index in [1.807, 2.05) is 26.8 Å². The van der Waals surface area contributed by atoms with Crippen molar-refractivity contribution in [2.24, 2.45) is 5.16 Å². The van der Waals surface area contributed by atoms with Gasteiger partial charge in [-0.25, -0.2) is 5.01 Å². The number of carbonyl (C=O) groups is 2. The quantitative estimate of drug-likeness (QED) is 0.428. The molecule has 160 valence electrons. The van der Waals surface area contributed by atoms with Gasteiger partial charge in [0.2, 0.25) is 0 Å². The minimum Gasteiger partial charge on any atom is -0.496 e. The van der Waals surface area contributed by atoms with Gasteiger partial charge >= 0.3 is 0 Å². The van der Waals surface area contributed by atoms with Gasteiger partial charge in [0.05, 0.1) is 18.9 Å². The van der Waals surface area contributed by atoms with Crippen molar-refractivity contribution in [3.05, 3.63) is 64.2 Å². The number of hydrogen-bond acceptors (Lipinski definition) is 5. The van der Waals surface area contributed by atoms with Crippen molar-refractivity contribution in [2.45, 2.75) is 46.6 Å². The molecule has 0 heterocycles.